The van der Waals surface area contributed by atoms with Gasteiger partial charge in [-0.15, -0.1) is 0 Å². The summed E-state index contributed by atoms with van der Waals surface area (Å²) in [6.07, 6.45) is 11.6. The first-order chi connectivity index (χ1) is 14.0. The summed E-state index contributed by atoms with van der Waals surface area (Å²) >= 11 is 0. The number of fused-ring (bicyclic) bond motifs is 5. The average molecular weight is 418 g/mol. The molecule has 0 aromatic carbocycles. The van der Waals surface area contributed by atoms with E-state index in [2.05, 4.69) is 34.6 Å². The minimum Gasteiger partial charge on any atom is -0.386 e. The lowest BCUT2D eigenvalue weighted by atomic mass is 9.42. The molecule has 3 heteroatoms. The van der Waals surface area contributed by atoms with E-state index in [9.17, 15) is 10.2 Å². The van der Waals surface area contributed by atoms with E-state index in [0.717, 1.165) is 36.5 Å². The highest BCUT2D eigenvalue weighted by molar-refractivity contribution is 5.88. The minimum atomic E-state index is -1.08. The summed E-state index contributed by atoms with van der Waals surface area (Å²) in [4.78, 5) is 0. The molecule has 0 aromatic rings. The second-order valence-electron chi connectivity index (χ2n) is 12.7. The van der Waals surface area contributed by atoms with Crippen LogP contribution in [0.15, 0.2) is 0 Å². The molecule has 172 valence electrons. The maximum Gasteiger partial charge on any atom is 0.120 e. The van der Waals surface area contributed by atoms with Gasteiger partial charge in [0.05, 0.1) is 0 Å². The standard InChI is InChI=1S/C27H47NO2/c1-17(2)7-6-8-18(3)20-9-10-21-19-11-16-27(30)24(29)23(28)13-15-26(27,5)22(19)12-14-25(20,21)4/h17-22,24,28-30H,6-16H2,1-5H3/t18-,19?,20-,21?,22?,24-,25-,26-,27-/m1/s1. The highest BCUT2D eigenvalue weighted by Crippen LogP contribution is 2.69. The van der Waals surface area contributed by atoms with Crippen molar-refractivity contribution in [2.45, 2.75) is 117 Å². The Kier molecular flexibility index (Phi) is 5.97. The van der Waals surface area contributed by atoms with Crippen LogP contribution in [0.1, 0.15) is 105 Å². The van der Waals surface area contributed by atoms with Crippen LogP contribution < -0.4 is 0 Å². The fraction of sp³-hybridized carbons (Fsp3) is 0.963. The van der Waals surface area contributed by atoms with Crippen molar-refractivity contribution in [2.24, 2.45) is 46.3 Å². The summed E-state index contributed by atoms with van der Waals surface area (Å²) in [6.45, 7) is 12.1. The SMILES string of the molecule is CC(C)CCC[C@@H](C)[C@H]1CCC2C3CC[C@@]4(O)[C@H](O)C(=N)CC[C@]4(C)C3CC[C@@]21C. The number of aliphatic hydroxyl groups is 2. The molecule has 4 fully saturated rings. The first kappa shape index (κ1) is 22.8. The predicted molar refractivity (Wildman–Crippen MR) is 124 cm³/mol. The Bertz CT molecular complexity index is 661. The molecule has 30 heavy (non-hydrogen) atoms. The van der Waals surface area contributed by atoms with E-state index in [0.29, 0.717) is 35.8 Å². The predicted octanol–water partition coefficient (Wildman–Crippen LogP) is 6.21. The second-order valence-corrected chi connectivity index (χ2v) is 12.7. The van der Waals surface area contributed by atoms with Crippen molar-refractivity contribution in [3.63, 3.8) is 0 Å². The van der Waals surface area contributed by atoms with Crippen molar-refractivity contribution in [1.82, 2.24) is 0 Å². The molecule has 4 rings (SSSR count). The fourth-order valence-electron chi connectivity index (χ4n) is 9.17. The van der Waals surface area contributed by atoms with Crippen LogP contribution in [0, 0.1) is 51.7 Å². The lowest BCUT2D eigenvalue weighted by Gasteiger charge is -2.64. The monoisotopic (exact) mass is 417 g/mol. The molecule has 3 unspecified atom stereocenters. The van der Waals surface area contributed by atoms with Crippen molar-refractivity contribution in [2.75, 3.05) is 0 Å². The van der Waals surface area contributed by atoms with Crippen LogP contribution in [0.25, 0.3) is 0 Å². The molecule has 3 nitrogen and oxygen atoms in total. The number of nitrogens with one attached hydrogen (secondary N) is 1. The Balaban J connectivity index is 1.52. The Morgan fingerprint density at radius 3 is 2.40 bits per heavy atom. The van der Waals surface area contributed by atoms with Crippen LogP contribution in [0.5, 0.6) is 0 Å². The summed E-state index contributed by atoms with van der Waals surface area (Å²) in [7, 11) is 0. The van der Waals surface area contributed by atoms with Gasteiger partial charge in [0.25, 0.3) is 0 Å². The maximum absolute atomic E-state index is 11.6. The van der Waals surface area contributed by atoms with E-state index >= 15 is 0 Å². The summed E-state index contributed by atoms with van der Waals surface area (Å²) in [5.74, 6) is 4.48. The molecular weight excluding hydrogens is 370 g/mol. The zero-order valence-corrected chi connectivity index (χ0v) is 20.2. The molecule has 0 saturated heterocycles. The molecule has 4 aliphatic rings. The van der Waals surface area contributed by atoms with Gasteiger partial charge in [-0.2, -0.15) is 0 Å². The molecule has 0 radical (unpaired) electrons. The van der Waals surface area contributed by atoms with Gasteiger partial charge in [0.1, 0.15) is 11.7 Å². The third-order valence-electron chi connectivity index (χ3n) is 11.0. The smallest absolute Gasteiger partial charge is 0.120 e. The van der Waals surface area contributed by atoms with Gasteiger partial charge in [-0.3, -0.25) is 0 Å². The van der Waals surface area contributed by atoms with Gasteiger partial charge < -0.3 is 15.6 Å². The van der Waals surface area contributed by atoms with E-state index in [1.807, 2.05) is 0 Å². The van der Waals surface area contributed by atoms with Crippen LogP contribution in [0.2, 0.25) is 0 Å². The van der Waals surface area contributed by atoms with Gasteiger partial charge >= 0.3 is 0 Å². The summed E-state index contributed by atoms with van der Waals surface area (Å²) in [5.41, 5.74) is -0.503. The van der Waals surface area contributed by atoms with Crippen molar-refractivity contribution in [3.05, 3.63) is 0 Å². The van der Waals surface area contributed by atoms with Gasteiger partial charge in [-0.05, 0) is 92.3 Å². The summed E-state index contributed by atoms with van der Waals surface area (Å²) < 4.78 is 0. The molecule has 0 aliphatic heterocycles. The number of hydrogen-bond donors (Lipinski definition) is 3. The second kappa shape index (κ2) is 7.87. The van der Waals surface area contributed by atoms with Gasteiger partial charge in [0.2, 0.25) is 0 Å². The lowest BCUT2D eigenvalue weighted by Crippen LogP contribution is -2.68. The molecule has 0 aromatic heterocycles. The Labute approximate surface area is 184 Å². The lowest BCUT2D eigenvalue weighted by molar-refractivity contribution is -0.223. The molecule has 3 N–H and O–H groups in total. The molecule has 4 aliphatic carbocycles. The summed E-state index contributed by atoms with van der Waals surface area (Å²) in [6, 6.07) is 0. The normalized spacial score (nSPS) is 49.5. The first-order valence-corrected chi connectivity index (χ1v) is 13.0. The maximum atomic E-state index is 11.6. The zero-order chi connectivity index (χ0) is 21.9. The average Bonchev–Trinajstić information content (AvgIpc) is 3.04. The van der Waals surface area contributed by atoms with Crippen LogP contribution in [0.4, 0.5) is 0 Å². The van der Waals surface area contributed by atoms with Crippen molar-refractivity contribution < 1.29 is 10.2 Å². The third-order valence-corrected chi connectivity index (χ3v) is 11.0. The Hall–Kier alpha value is -0.410. The van der Waals surface area contributed by atoms with Crippen LogP contribution in [-0.2, 0) is 0 Å². The van der Waals surface area contributed by atoms with E-state index in [1.165, 1.54) is 44.9 Å². The van der Waals surface area contributed by atoms with Crippen molar-refractivity contribution >= 4 is 5.71 Å². The van der Waals surface area contributed by atoms with Gasteiger partial charge in [0.15, 0.2) is 0 Å². The highest BCUT2D eigenvalue weighted by atomic mass is 16.3. The van der Waals surface area contributed by atoms with Gasteiger partial charge in [0, 0.05) is 11.1 Å². The zero-order valence-electron chi connectivity index (χ0n) is 20.2. The molecule has 0 bridgehead atoms. The molecular formula is C27H47NO2. The van der Waals surface area contributed by atoms with E-state index in [-0.39, 0.29) is 5.41 Å². The molecule has 4 saturated carbocycles. The number of hydrogen-bond acceptors (Lipinski definition) is 3. The Morgan fingerprint density at radius 2 is 1.70 bits per heavy atom. The Morgan fingerprint density at radius 1 is 0.967 bits per heavy atom. The number of rotatable bonds is 5. The molecule has 9 atom stereocenters. The molecule has 0 heterocycles. The van der Waals surface area contributed by atoms with Gasteiger partial charge in [-0.25, -0.2) is 0 Å². The quantitative estimate of drug-likeness (QED) is 0.497. The first-order valence-electron chi connectivity index (χ1n) is 13.0. The van der Waals surface area contributed by atoms with Crippen LogP contribution in [-0.4, -0.2) is 27.6 Å². The third kappa shape index (κ3) is 3.24. The van der Waals surface area contributed by atoms with Crippen LogP contribution in [0.3, 0.4) is 0 Å². The fourth-order valence-corrected chi connectivity index (χ4v) is 9.17. The highest BCUT2D eigenvalue weighted by Gasteiger charge is 2.66. The van der Waals surface area contributed by atoms with Gasteiger partial charge in [-0.1, -0.05) is 53.9 Å². The number of aliphatic hydroxyl groups excluding tert-OH is 1. The molecule has 0 spiro atoms. The van der Waals surface area contributed by atoms with E-state index in [4.69, 9.17) is 5.41 Å². The summed E-state index contributed by atoms with van der Waals surface area (Å²) in [5, 5.41) is 30.6. The van der Waals surface area contributed by atoms with E-state index < -0.39 is 11.7 Å². The van der Waals surface area contributed by atoms with Crippen molar-refractivity contribution in [3.8, 4) is 0 Å². The van der Waals surface area contributed by atoms with E-state index in [1.54, 1.807) is 0 Å². The molecule has 0 amide bonds. The van der Waals surface area contributed by atoms with Crippen LogP contribution >= 0.6 is 0 Å². The topological polar surface area (TPSA) is 64.3 Å². The largest absolute Gasteiger partial charge is 0.386 e. The van der Waals surface area contributed by atoms with Crippen molar-refractivity contribution in [1.29, 1.82) is 5.41 Å². The minimum absolute atomic E-state index is 0.234.